The molecule has 138 valence electrons. The number of hydrogen-bond donors (Lipinski definition) is 2. The van der Waals surface area contributed by atoms with Gasteiger partial charge in [-0.15, -0.1) is 0 Å². The summed E-state index contributed by atoms with van der Waals surface area (Å²) < 4.78 is 14.6. The Hall–Kier alpha value is -3.48. The summed E-state index contributed by atoms with van der Waals surface area (Å²) in [5, 5.41) is 5.69. The number of rotatable bonds is 5. The summed E-state index contributed by atoms with van der Waals surface area (Å²) in [6.45, 7) is 3.33. The maximum atomic E-state index is 13.4. The number of halogens is 1. The van der Waals surface area contributed by atoms with Crippen LogP contribution in [0.5, 0.6) is 0 Å². The van der Waals surface area contributed by atoms with Gasteiger partial charge in [-0.05, 0) is 43.7 Å². The van der Waals surface area contributed by atoms with E-state index in [2.05, 4.69) is 15.6 Å². The molecular weight excluding hydrogens is 347 g/mol. The first-order chi connectivity index (χ1) is 12.9. The van der Waals surface area contributed by atoms with E-state index in [1.54, 1.807) is 25.1 Å². The Labute approximate surface area is 155 Å². The second-order valence-corrected chi connectivity index (χ2v) is 6.14. The molecule has 0 saturated heterocycles. The molecule has 0 fully saturated rings. The molecule has 0 bridgehead atoms. The Balaban J connectivity index is 1.87. The predicted octanol–water partition coefficient (Wildman–Crippen LogP) is 3.38. The van der Waals surface area contributed by atoms with Crippen molar-refractivity contribution < 1.29 is 9.18 Å². The van der Waals surface area contributed by atoms with Crippen LogP contribution in [0.2, 0.25) is 0 Å². The lowest BCUT2D eigenvalue weighted by molar-refractivity contribution is -0.116. The molecular formula is C20H19FN4O2. The predicted molar refractivity (Wildman–Crippen MR) is 103 cm³/mol. The maximum Gasteiger partial charge on any atom is 0.255 e. The Kier molecular flexibility index (Phi) is 5.30. The Morgan fingerprint density at radius 3 is 2.63 bits per heavy atom. The van der Waals surface area contributed by atoms with Crippen LogP contribution >= 0.6 is 0 Å². The van der Waals surface area contributed by atoms with Gasteiger partial charge in [0.15, 0.2) is 0 Å². The molecule has 7 heteroatoms. The lowest BCUT2D eigenvalue weighted by atomic mass is 10.2. The lowest BCUT2D eigenvalue weighted by Gasteiger charge is -2.15. The van der Waals surface area contributed by atoms with E-state index in [0.717, 1.165) is 5.56 Å². The van der Waals surface area contributed by atoms with Crippen LogP contribution in [0.4, 0.5) is 21.7 Å². The summed E-state index contributed by atoms with van der Waals surface area (Å²) in [7, 11) is 0. The van der Waals surface area contributed by atoms with Crippen LogP contribution in [0.3, 0.4) is 0 Å². The van der Waals surface area contributed by atoms with Gasteiger partial charge in [0.1, 0.15) is 12.4 Å². The first-order valence-electron chi connectivity index (χ1n) is 8.39. The molecule has 1 amide bonds. The molecule has 0 aliphatic carbocycles. The molecule has 0 unspecified atom stereocenters. The fourth-order valence-electron chi connectivity index (χ4n) is 2.61. The molecule has 0 aliphatic rings. The van der Waals surface area contributed by atoms with Crippen molar-refractivity contribution in [3.05, 3.63) is 82.0 Å². The summed E-state index contributed by atoms with van der Waals surface area (Å²) in [5.74, 6) is -0.608. The molecule has 2 N–H and O–H groups in total. The highest BCUT2D eigenvalue weighted by molar-refractivity contribution is 5.91. The molecule has 3 aromatic rings. The third-order valence-electron chi connectivity index (χ3n) is 3.94. The first-order valence-corrected chi connectivity index (χ1v) is 8.39. The molecule has 27 heavy (non-hydrogen) atoms. The molecule has 6 nitrogen and oxygen atoms in total. The van der Waals surface area contributed by atoms with E-state index < -0.39 is 5.82 Å². The van der Waals surface area contributed by atoms with E-state index >= 15 is 0 Å². The van der Waals surface area contributed by atoms with Crippen LogP contribution in [-0.4, -0.2) is 15.5 Å². The van der Waals surface area contributed by atoms with Gasteiger partial charge in [-0.25, -0.2) is 9.37 Å². The quantitative estimate of drug-likeness (QED) is 0.726. The van der Waals surface area contributed by atoms with Crippen LogP contribution in [0.15, 0.2) is 59.4 Å². The highest BCUT2D eigenvalue weighted by Gasteiger charge is 2.13. The third kappa shape index (κ3) is 4.58. The Bertz CT molecular complexity index is 1050. The van der Waals surface area contributed by atoms with Crippen LogP contribution in [-0.2, 0) is 11.3 Å². The van der Waals surface area contributed by atoms with Gasteiger partial charge in [-0.3, -0.25) is 14.2 Å². The van der Waals surface area contributed by atoms with Gasteiger partial charge in [0.25, 0.3) is 5.56 Å². The number of amides is 1. The number of nitrogens with zero attached hydrogens (tertiary/aromatic N) is 2. The summed E-state index contributed by atoms with van der Waals surface area (Å²) in [4.78, 5) is 29.1. The third-order valence-corrected chi connectivity index (χ3v) is 3.94. The number of hydrogen-bond acceptors (Lipinski definition) is 4. The zero-order valence-electron chi connectivity index (χ0n) is 15.0. The van der Waals surface area contributed by atoms with Crippen molar-refractivity contribution in [1.82, 2.24) is 9.55 Å². The van der Waals surface area contributed by atoms with Gasteiger partial charge in [0.2, 0.25) is 11.9 Å². The summed E-state index contributed by atoms with van der Waals surface area (Å²) in [6.07, 6.45) is 0. The van der Waals surface area contributed by atoms with Crippen molar-refractivity contribution in [1.29, 1.82) is 0 Å². The summed E-state index contributed by atoms with van der Waals surface area (Å²) in [6, 6.07) is 14.5. The van der Waals surface area contributed by atoms with Crippen molar-refractivity contribution in [3.63, 3.8) is 0 Å². The van der Waals surface area contributed by atoms with Crippen LogP contribution in [0.1, 0.15) is 11.3 Å². The molecule has 3 rings (SSSR count). The maximum absolute atomic E-state index is 13.4. The average Bonchev–Trinajstić information content (AvgIpc) is 2.60. The Morgan fingerprint density at radius 2 is 1.89 bits per heavy atom. The van der Waals surface area contributed by atoms with E-state index in [4.69, 9.17) is 0 Å². The number of aryl methyl sites for hydroxylation is 2. The second kappa shape index (κ2) is 7.82. The first kappa shape index (κ1) is 18.3. The van der Waals surface area contributed by atoms with E-state index in [1.807, 2.05) is 25.1 Å². The minimum Gasteiger partial charge on any atom is -0.325 e. The van der Waals surface area contributed by atoms with Crippen molar-refractivity contribution in [2.75, 3.05) is 10.6 Å². The lowest BCUT2D eigenvalue weighted by Crippen LogP contribution is -2.30. The van der Waals surface area contributed by atoms with Gasteiger partial charge in [0.05, 0.1) is 0 Å². The molecule has 2 aromatic carbocycles. The van der Waals surface area contributed by atoms with E-state index in [9.17, 15) is 14.0 Å². The van der Waals surface area contributed by atoms with Gasteiger partial charge in [-0.2, -0.15) is 0 Å². The molecule has 0 saturated carbocycles. The molecule has 0 atom stereocenters. The zero-order chi connectivity index (χ0) is 19.4. The minimum absolute atomic E-state index is 0.172. The highest BCUT2D eigenvalue weighted by Crippen LogP contribution is 2.16. The van der Waals surface area contributed by atoms with E-state index in [0.29, 0.717) is 17.1 Å². The zero-order valence-corrected chi connectivity index (χ0v) is 15.0. The standard InChI is InChI=1S/C20H19FN4O2/c1-13-6-3-4-9-17(13)24-18(26)12-25-19(27)10-14(2)22-20(25)23-16-8-5-7-15(21)11-16/h3-11H,12H2,1-2H3,(H,22,23)(H,24,26). The van der Waals surface area contributed by atoms with Crippen LogP contribution < -0.4 is 16.2 Å². The van der Waals surface area contributed by atoms with Crippen LogP contribution in [0, 0.1) is 19.7 Å². The van der Waals surface area contributed by atoms with Gasteiger partial charge < -0.3 is 10.6 Å². The van der Waals surface area contributed by atoms with Gasteiger partial charge >= 0.3 is 0 Å². The molecule has 0 spiro atoms. The van der Waals surface area contributed by atoms with Crippen LogP contribution in [0.25, 0.3) is 0 Å². The van der Waals surface area contributed by atoms with Crippen molar-refractivity contribution in [3.8, 4) is 0 Å². The minimum atomic E-state index is -0.418. The number of carbonyl (C=O) groups is 1. The normalized spacial score (nSPS) is 10.5. The number of para-hydroxylation sites is 1. The largest absolute Gasteiger partial charge is 0.325 e. The SMILES string of the molecule is Cc1cc(=O)n(CC(=O)Nc2ccccc2C)c(Nc2cccc(F)c2)n1. The van der Waals surface area contributed by atoms with E-state index in [1.165, 1.54) is 22.8 Å². The number of benzene rings is 2. The molecule has 0 aliphatic heterocycles. The second-order valence-electron chi connectivity index (χ2n) is 6.14. The van der Waals surface area contributed by atoms with Gasteiger partial charge in [-0.1, -0.05) is 24.3 Å². The number of aromatic nitrogens is 2. The van der Waals surface area contributed by atoms with Crippen molar-refractivity contribution >= 4 is 23.2 Å². The number of anilines is 3. The van der Waals surface area contributed by atoms with Gasteiger partial charge in [0, 0.05) is 23.1 Å². The smallest absolute Gasteiger partial charge is 0.255 e. The topological polar surface area (TPSA) is 76.0 Å². The number of nitrogens with one attached hydrogen (secondary N) is 2. The molecule has 1 aromatic heterocycles. The fraction of sp³-hybridized carbons (Fsp3) is 0.150. The Morgan fingerprint density at radius 1 is 1.11 bits per heavy atom. The van der Waals surface area contributed by atoms with Crippen molar-refractivity contribution in [2.24, 2.45) is 0 Å². The fourth-order valence-corrected chi connectivity index (χ4v) is 2.61. The monoisotopic (exact) mass is 366 g/mol. The molecule has 0 radical (unpaired) electrons. The summed E-state index contributed by atoms with van der Waals surface area (Å²) >= 11 is 0. The summed E-state index contributed by atoms with van der Waals surface area (Å²) in [5.41, 5.74) is 2.14. The average molecular weight is 366 g/mol. The highest BCUT2D eigenvalue weighted by atomic mass is 19.1. The number of carbonyl (C=O) groups excluding carboxylic acids is 1. The van der Waals surface area contributed by atoms with E-state index in [-0.39, 0.29) is 24.0 Å². The van der Waals surface area contributed by atoms with Crippen molar-refractivity contribution in [2.45, 2.75) is 20.4 Å². The molecule has 1 heterocycles.